The van der Waals surface area contributed by atoms with E-state index >= 15 is 0 Å². The van der Waals surface area contributed by atoms with Crippen LogP contribution in [0.4, 0.5) is 0 Å². The Hall–Kier alpha value is -0.180. The Balaban J connectivity index is 0. The highest BCUT2D eigenvalue weighted by Crippen LogP contribution is 2.00. The Kier molecular flexibility index (Phi) is 19.7. The molecule has 0 spiro atoms. The first kappa shape index (κ1) is 23.1. The largest absolute Gasteiger partial charge is 0.469 e. The number of carbonyl (C=O) groups is 1. The molecule has 0 saturated carbocycles. The Labute approximate surface area is 150 Å². The van der Waals surface area contributed by atoms with Gasteiger partial charge in [0.15, 0.2) is 5.96 Å². The second-order valence-electron chi connectivity index (χ2n) is 4.51. The Morgan fingerprint density at radius 2 is 1.71 bits per heavy atom. The minimum absolute atomic E-state index is 0. The van der Waals surface area contributed by atoms with E-state index in [4.69, 9.17) is 0 Å². The van der Waals surface area contributed by atoms with Gasteiger partial charge in [0, 0.05) is 26.6 Å². The molecule has 126 valence electrons. The summed E-state index contributed by atoms with van der Waals surface area (Å²) in [6, 6.07) is 0. The van der Waals surface area contributed by atoms with Gasteiger partial charge < -0.3 is 15.4 Å². The molecule has 0 atom stereocenters. The van der Waals surface area contributed by atoms with Crippen LogP contribution in [0.1, 0.15) is 38.5 Å². The third-order valence-corrected chi connectivity index (χ3v) is 3.57. The van der Waals surface area contributed by atoms with Gasteiger partial charge in [0.1, 0.15) is 0 Å². The molecule has 0 saturated heterocycles. The number of rotatable bonds is 11. The van der Waals surface area contributed by atoms with E-state index in [1.165, 1.54) is 25.7 Å². The number of ether oxygens (including phenoxy) is 1. The van der Waals surface area contributed by atoms with Crippen molar-refractivity contribution in [3.63, 3.8) is 0 Å². The molecule has 0 bridgehead atoms. The van der Waals surface area contributed by atoms with Crippen LogP contribution in [0, 0.1) is 0 Å². The lowest BCUT2D eigenvalue weighted by molar-refractivity contribution is -0.140. The van der Waals surface area contributed by atoms with Crippen molar-refractivity contribution in [3.05, 3.63) is 0 Å². The molecule has 0 fully saturated rings. The Bertz CT molecular complexity index is 279. The maximum Gasteiger partial charge on any atom is 0.305 e. The summed E-state index contributed by atoms with van der Waals surface area (Å²) < 4.78 is 4.60. The highest BCUT2D eigenvalue weighted by molar-refractivity contribution is 14.0. The number of halogens is 1. The number of nitrogens with one attached hydrogen (secondary N) is 2. The van der Waals surface area contributed by atoms with Crippen molar-refractivity contribution in [1.29, 1.82) is 0 Å². The highest BCUT2D eigenvalue weighted by atomic mass is 127. The van der Waals surface area contributed by atoms with E-state index in [1.54, 1.807) is 7.05 Å². The Morgan fingerprint density at radius 3 is 2.24 bits per heavy atom. The van der Waals surface area contributed by atoms with Crippen molar-refractivity contribution in [1.82, 2.24) is 10.6 Å². The fourth-order valence-electron chi connectivity index (χ4n) is 1.68. The quantitative estimate of drug-likeness (QED) is 0.173. The van der Waals surface area contributed by atoms with Crippen LogP contribution in [-0.2, 0) is 9.53 Å². The van der Waals surface area contributed by atoms with Gasteiger partial charge in [-0.25, -0.2) is 0 Å². The molecule has 0 aliphatic heterocycles. The monoisotopic (exact) mass is 431 g/mol. The first-order valence-electron chi connectivity index (χ1n) is 7.24. The zero-order valence-corrected chi connectivity index (χ0v) is 16.6. The van der Waals surface area contributed by atoms with E-state index < -0.39 is 0 Å². The van der Waals surface area contributed by atoms with Crippen molar-refractivity contribution in [2.24, 2.45) is 4.99 Å². The normalized spacial score (nSPS) is 10.7. The van der Waals surface area contributed by atoms with E-state index in [0.29, 0.717) is 6.42 Å². The van der Waals surface area contributed by atoms with E-state index in [0.717, 1.165) is 38.3 Å². The number of methoxy groups -OCH3 is 1. The van der Waals surface area contributed by atoms with Gasteiger partial charge in [0.2, 0.25) is 0 Å². The number of esters is 1. The molecule has 0 aromatic rings. The van der Waals surface area contributed by atoms with Crippen molar-refractivity contribution < 1.29 is 9.53 Å². The second-order valence-corrected chi connectivity index (χ2v) is 5.50. The van der Waals surface area contributed by atoms with Crippen LogP contribution in [0.15, 0.2) is 4.99 Å². The number of nitrogens with zero attached hydrogens (tertiary/aromatic N) is 1. The summed E-state index contributed by atoms with van der Waals surface area (Å²) in [6.45, 7) is 1.84. The molecule has 7 heteroatoms. The SMILES string of the molecule is CN=C(NCCCCCC(=O)OC)NCCCCSC.I. The maximum atomic E-state index is 10.9. The summed E-state index contributed by atoms with van der Waals surface area (Å²) in [5, 5.41) is 6.58. The van der Waals surface area contributed by atoms with Gasteiger partial charge >= 0.3 is 5.97 Å². The average molecular weight is 431 g/mol. The molecule has 0 unspecified atom stereocenters. The summed E-state index contributed by atoms with van der Waals surface area (Å²) in [5.74, 6) is 1.95. The number of hydrogen-bond acceptors (Lipinski definition) is 4. The van der Waals surface area contributed by atoms with Crippen LogP contribution in [0.3, 0.4) is 0 Å². The van der Waals surface area contributed by atoms with Crippen LogP contribution in [-0.4, -0.2) is 51.2 Å². The number of carbonyl (C=O) groups excluding carboxylic acids is 1. The number of guanidine groups is 1. The smallest absolute Gasteiger partial charge is 0.305 e. The van der Waals surface area contributed by atoms with Gasteiger partial charge in [-0.15, -0.1) is 24.0 Å². The van der Waals surface area contributed by atoms with Gasteiger partial charge in [-0.1, -0.05) is 6.42 Å². The Morgan fingerprint density at radius 1 is 1.10 bits per heavy atom. The maximum absolute atomic E-state index is 10.9. The third kappa shape index (κ3) is 16.0. The van der Waals surface area contributed by atoms with Gasteiger partial charge in [-0.2, -0.15) is 11.8 Å². The van der Waals surface area contributed by atoms with Crippen LogP contribution >= 0.6 is 35.7 Å². The van der Waals surface area contributed by atoms with Crippen molar-refractivity contribution in [2.75, 3.05) is 39.3 Å². The molecule has 0 aromatic carbocycles. The van der Waals surface area contributed by atoms with E-state index in [2.05, 4.69) is 26.6 Å². The molecule has 2 N–H and O–H groups in total. The number of aliphatic imine (C=N–C) groups is 1. The molecule has 0 aliphatic rings. The predicted molar refractivity (Wildman–Crippen MR) is 103 cm³/mol. The average Bonchev–Trinajstić information content (AvgIpc) is 2.47. The highest BCUT2D eigenvalue weighted by Gasteiger charge is 2.00. The summed E-state index contributed by atoms with van der Waals surface area (Å²) in [6.07, 6.45) is 7.98. The van der Waals surface area contributed by atoms with Crippen molar-refractivity contribution in [2.45, 2.75) is 38.5 Å². The molecular formula is C14H30IN3O2S. The first-order valence-corrected chi connectivity index (χ1v) is 8.64. The minimum atomic E-state index is -0.124. The molecule has 0 aliphatic carbocycles. The molecule has 0 rings (SSSR count). The van der Waals surface area contributed by atoms with E-state index in [-0.39, 0.29) is 29.9 Å². The zero-order chi connectivity index (χ0) is 15.1. The molecule has 21 heavy (non-hydrogen) atoms. The topological polar surface area (TPSA) is 62.7 Å². The summed E-state index contributed by atoms with van der Waals surface area (Å²) in [5.41, 5.74) is 0. The number of unbranched alkanes of at least 4 members (excludes halogenated alkanes) is 3. The number of thioether (sulfide) groups is 1. The molecule has 0 radical (unpaired) electrons. The van der Waals surface area contributed by atoms with Crippen LogP contribution in [0.5, 0.6) is 0 Å². The van der Waals surface area contributed by atoms with Crippen molar-refractivity contribution >= 4 is 47.7 Å². The minimum Gasteiger partial charge on any atom is -0.469 e. The molecule has 0 amide bonds. The lowest BCUT2D eigenvalue weighted by Crippen LogP contribution is -2.38. The summed E-state index contributed by atoms with van der Waals surface area (Å²) in [4.78, 5) is 15.1. The molecule has 5 nitrogen and oxygen atoms in total. The lowest BCUT2D eigenvalue weighted by atomic mass is 10.2. The molecular weight excluding hydrogens is 401 g/mol. The van der Waals surface area contributed by atoms with Gasteiger partial charge in [0.25, 0.3) is 0 Å². The summed E-state index contributed by atoms with van der Waals surface area (Å²) in [7, 11) is 3.22. The molecule has 0 aromatic heterocycles. The van der Waals surface area contributed by atoms with E-state index in [1.807, 2.05) is 11.8 Å². The fourth-order valence-corrected chi connectivity index (χ4v) is 2.17. The predicted octanol–water partition coefficient (Wildman–Crippen LogP) is 2.65. The van der Waals surface area contributed by atoms with Crippen molar-refractivity contribution in [3.8, 4) is 0 Å². The lowest BCUT2D eigenvalue weighted by Gasteiger charge is -2.11. The fraction of sp³-hybridized carbons (Fsp3) is 0.857. The van der Waals surface area contributed by atoms with Crippen LogP contribution in [0.2, 0.25) is 0 Å². The van der Waals surface area contributed by atoms with Crippen LogP contribution in [0.25, 0.3) is 0 Å². The summed E-state index contributed by atoms with van der Waals surface area (Å²) >= 11 is 1.88. The third-order valence-electron chi connectivity index (χ3n) is 2.87. The van der Waals surface area contributed by atoms with Crippen LogP contribution < -0.4 is 10.6 Å². The second kappa shape index (κ2) is 17.9. The first-order chi connectivity index (χ1) is 9.74. The zero-order valence-electron chi connectivity index (χ0n) is 13.4. The number of hydrogen-bond donors (Lipinski definition) is 2. The standard InChI is InChI=1S/C14H29N3O2S.HI/c1-15-14(17-11-7-8-12-20-3)16-10-6-4-5-9-13(18)19-2;/h4-12H2,1-3H3,(H2,15,16,17);1H. The molecule has 0 heterocycles. The van der Waals surface area contributed by atoms with Gasteiger partial charge in [0.05, 0.1) is 7.11 Å². The van der Waals surface area contributed by atoms with E-state index in [9.17, 15) is 4.79 Å². The van der Waals surface area contributed by atoms with Gasteiger partial charge in [-0.3, -0.25) is 9.79 Å². The van der Waals surface area contributed by atoms with Gasteiger partial charge in [-0.05, 0) is 37.7 Å².